The van der Waals surface area contributed by atoms with Crippen LogP contribution >= 0.6 is 0 Å². The van der Waals surface area contributed by atoms with Crippen LogP contribution in [0, 0.1) is 11.8 Å². The molecule has 2 aliphatic heterocycles. The van der Waals surface area contributed by atoms with Crippen LogP contribution in [0.2, 0.25) is 0 Å². The predicted octanol–water partition coefficient (Wildman–Crippen LogP) is 2.74. The van der Waals surface area contributed by atoms with Crippen LogP contribution in [0.3, 0.4) is 0 Å². The predicted molar refractivity (Wildman–Crippen MR) is 77.5 cm³/mol. The highest BCUT2D eigenvalue weighted by atomic mass is 15.2. The Labute approximate surface area is 113 Å². The summed E-state index contributed by atoms with van der Waals surface area (Å²) in [6, 6.07) is 2.88. The fourth-order valence-electron chi connectivity index (χ4n) is 3.41. The van der Waals surface area contributed by atoms with Crippen molar-refractivity contribution in [3.05, 3.63) is 0 Å². The normalized spacial score (nSPS) is 37.8. The summed E-state index contributed by atoms with van der Waals surface area (Å²) in [5, 5.41) is 0. The lowest BCUT2D eigenvalue weighted by molar-refractivity contribution is 0.238. The van der Waals surface area contributed by atoms with E-state index in [0.29, 0.717) is 0 Å². The molecular formula is C16H28N2. The summed E-state index contributed by atoms with van der Waals surface area (Å²) in [5.41, 5.74) is 0. The van der Waals surface area contributed by atoms with Gasteiger partial charge in [-0.1, -0.05) is 11.8 Å². The number of rotatable bonds is 2. The van der Waals surface area contributed by atoms with Gasteiger partial charge in [-0.15, -0.1) is 0 Å². The smallest absolute Gasteiger partial charge is 0.0606 e. The van der Waals surface area contributed by atoms with E-state index in [1.54, 1.807) is 0 Å². The molecule has 2 saturated heterocycles. The van der Waals surface area contributed by atoms with Gasteiger partial charge in [-0.2, -0.15) is 0 Å². The minimum Gasteiger partial charge on any atom is -0.287 e. The quantitative estimate of drug-likeness (QED) is 0.693. The molecule has 2 rings (SSSR count). The zero-order valence-electron chi connectivity index (χ0n) is 12.4. The minimum atomic E-state index is 0.721. The second kappa shape index (κ2) is 6.08. The lowest BCUT2D eigenvalue weighted by atomic mass is 10.2. The molecule has 0 amide bonds. The summed E-state index contributed by atoms with van der Waals surface area (Å²) >= 11 is 0. The Balaban J connectivity index is 1.79. The first-order chi connectivity index (χ1) is 8.59. The van der Waals surface area contributed by atoms with Crippen molar-refractivity contribution in [2.45, 2.75) is 77.5 Å². The van der Waals surface area contributed by atoms with Crippen LogP contribution in [0.15, 0.2) is 0 Å². The Kier molecular flexibility index (Phi) is 4.70. The summed E-state index contributed by atoms with van der Waals surface area (Å²) in [6.07, 6.45) is 5.35. The van der Waals surface area contributed by atoms with Crippen LogP contribution in [0.4, 0.5) is 0 Å². The summed E-state index contributed by atoms with van der Waals surface area (Å²) in [6.45, 7) is 11.2. The van der Waals surface area contributed by atoms with Crippen molar-refractivity contribution in [2.24, 2.45) is 0 Å². The lowest BCUT2D eigenvalue weighted by Gasteiger charge is -2.24. The van der Waals surface area contributed by atoms with Crippen molar-refractivity contribution in [2.75, 3.05) is 13.1 Å². The second-order valence-electron chi connectivity index (χ2n) is 6.25. The van der Waals surface area contributed by atoms with Crippen LogP contribution in [0.1, 0.15) is 53.4 Å². The van der Waals surface area contributed by atoms with Crippen LogP contribution in [-0.4, -0.2) is 47.1 Å². The van der Waals surface area contributed by atoms with Crippen molar-refractivity contribution in [3.63, 3.8) is 0 Å². The van der Waals surface area contributed by atoms with Gasteiger partial charge < -0.3 is 0 Å². The molecule has 0 N–H and O–H groups in total. The third kappa shape index (κ3) is 3.08. The van der Waals surface area contributed by atoms with E-state index < -0.39 is 0 Å². The van der Waals surface area contributed by atoms with Crippen molar-refractivity contribution in [1.29, 1.82) is 0 Å². The maximum atomic E-state index is 3.39. The Bertz CT molecular complexity index is 278. The Hall–Kier alpha value is -0.520. The van der Waals surface area contributed by atoms with Gasteiger partial charge in [-0.25, -0.2) is 0 Å². The van der Waals surface area contributed by atoms with Crippen molar-refractivity contribution < 1.29 is 0 Å². The Morgan fingerprint density at radius 1 is 0.667 bits per heavy atom. The van der Waals surface area contributed by atoms with E-state index in [1.165, 1.54) is 25.7 Å². The molecule has 0 saturated carbocycles. The first-order valence-electron chi connectivity index (χ1n) is 7.56. The zero-order valence-corrected chi connectivity index (χ0v) is 12.4. The van der Waals surface area contributed by atoms with Gasteiger partial charge in [0.25, 0.3) is 0 Å². The molecule has 18 heavy (non-hydrogen) atoms. The van der Waals surface area contributed by atoms with E-state index in [2.05, 4.69) is 49.3 Å². The van der Waals surface area contributed by atoms with Crippen molar-refractivity contribution in [1.82, 2.24) is 9.80 Å². The topological polar surface area (TPSA) is 6.48 Å². The van der Waals surface area contributed by atoms with E-state index in [9.17, 15) is 0 Å². The molecule has 0 aliphatic carbocycles. The lowest BCUT2D eigenvalue weighted by Crippen LogP contribution is -2.34. The summed E-state index contributed by atoms with van der Waals surface area (Å²) in [7, 11) is 0. The van der Waals surface area contributed by atoms with Crippen LogP contribution in [0.5, 0.6) is 0 Å². The second-order valence-corrected chi connectivity index (χ2v) is 6.25. The third-order valence-corrected chi connectivity index (χ3v) is 4.92. The van der Waals surface area contributed by atoms with Crippen LogP contribution in [0.25, 0.3) is 0 Å². The first kappa shape index (κ1) is 13.9. The maximum Gasteiger partial charge on any atom is 0.0606 e. The highest BCUT2D eigenvalue weighted by molar-refractivity contribution is 5.06. The molecule has 102 valence electrons. The molecule has 0 unspecified atom stereocenters. The van der Waals surface area contributed by atoms with Crippen molar-refractivity contribution in [3.8, 4) is 11.8 Å². The summed E-state index contributed by atoms with van der Waals surface area (Å²) < 4.78 is 0. The third-order valence-electron chi connectivity index (χ3n) is 4.92. The zero-order chi connectivity index (χ0) is 13.1. The van der Waals surface area contributed by atoms with E-state index >= 15 is 0 Å². The molecule has 0 aromatic carbocycles. The van der Waals surface area contributed by atoms with Gasteiger partial charge in [0.2, 0.25) is 0 Å². The SMILES string of the molecule is C[C@@H]1CC[C@H](C)N1CC#CCN1[C@H](C)CC[C@@H]1C. The van der Waals surface area contributed by atoms with E-state index in [1.807, 2.05) is 0 Å². The minimum absolute atomic E-state index is 0.721. The van der Waals surface area contributed by atoms with Crippen molar-refractivity contribution >= 4 is 0 Å². The Morgan fingerprint density at radius 3 is 1.22 bits per heavy atom. The average Bonchev–Trinajstić information content (AvgIpc) is 2.82. The monoisotopic (exact) mass is 248 g/mol. The highest BCUT2D eigenvalue weighted by Gasteiger charge is 2.27. The van der Waals surface area contributed by atoms with Gasteiger partial charge in [-0.05, 0) is 53.4 Å². The molecule has 2 heteroatoms. The van der Waals surface area contributed by atoms with Gasteiger partial charge in [0.1, 0.15) is 0 Å². The highest BCUT2D eigenvalue weighted by Crippen LogP contribution is 2.23. The molecular weight excluding hydrogens is 220 g/mol. The van der Waals surface area contributed by atoms with Gasteiger partial charge in [0.05, 0.1) is 13.1 Å². The molecule has 0 radical (unpaired) electrons. The molecule has 2 heterocycles. The van der Waals surface area contributed by atoms with E-state index in [0.717, 1.165) is 37.3 Å². The molecule has 0 aromatic rings. The first-order valence-corrected chi connectivity index (χ1v) is 7.56. The van der Waals surface area contributed by atoms with Gasteiger partial charge in [0, 0.05) is 24.2 Å². The molecule has 4 atom stereocenters. The standard InChI is InChI=1S/C16H28N2/c1-13-7-8-14(2)17(13)11-5-6-12-18-15(3)9-10-16(18)4/h13-16H,7-12H2,1-4H3/t13-,14+,15-,16+. The molecule has 2 nitrogen and oxygen atoms in total. The molecule has 0 aromatic heterocycles. The Morgan fingerprint density at radius 2 is 0.944 bits per heavy atom. The summed E-state index contributed by atoms with van der Waals surface area (Å²) in [5.74, 6) is 6.78. The summed E-state index contributed by atoms with van der Waals surface area (Å²) in [4.78, 5) is 5.09. The van der Waals surface area contributed by atoms with E-state index in [-0.39, 0.29) is 0 Å². The average molecular weight is 248 g/mol. The fraction of sp³-hybridized carbons (Fsp3) is 0.875. The van der Waals surface area contributed by atoms with Gasteiger partial charge in [0.15, 0.2) is 0 Å². The van der Waals surface area contributed by atoms with Gasteiger partial charge in [-0.3, -0.25) is 9.80 Å². The maximum absolute atomic E-state index is 3.39. The molecule has 0 bridgehead atoms. The molecule has 2 fully saturated rings. The number of hydrogen-bond donors (Lipinski definition) is 0. The number of hydrogen-bond acceptors (Lipinski definition) is 2. The number of nitrogens with zero attached hydrogens (tertiary/aromatic N) is 2. The molecule has 2 aliphatic rings. The van der Waals surface area contributed by atoms with E-state index in [4.69, 9.17) is 0 Å². The largest absolute Gasteiger partial charge is 0.287 e. The van der Waals surface area contributed by atoms with Crippen LogP contribution in [-0.2, 0) is 0 Å². The molecule has 0 spiro atoms. The van der Waals surface area contributed by atoms with Crippen LogP contribution < -0.4 is 0 Å². The number of likely N-dealkylation sites (tertiary alicyclic amines) is 2. The fourth-order valence-corrected chi connectivity index (χ4v) is 3.41. The van der Waals surface area contributed by atoms with Gasteiger partial charge >= 0.3 is 0 Å².